The third-order valence-corrected chi connectivity index (χ3v) is 4.13. The standard InChI is InChI=1S/C20H21Cl2NO2/c1-2-25-19-8-4-3-6-16(19)7-5-13-23-20(24)12-10-15-9-11-17(21)14-18(15)22/h3-4,6,8-12,14H,2,5,7,13H2,1H3,(H,23,24)/b12-10+. The summed E-state index contributed by atoms with van der Waals surface area (Å²) in [6.45, 7) is 3.21. The van der Waals surface area contributed by atoms with Crippen LogP contribution < -0.4 is 10.1 Å². The highest BCUT2D eigenvalue weighted by atomic mass is 35.5. The van der Waals surface area contributed by atoms with Gasteiger partial charge in [0, 0.05) is 22.7 Å². The van der Waals surface area contributed by atoms with Gasteiger partial charge in [-0.25, -0.2) is 0 Å². The Hall–Kier alpha value is -1.97. The normalized spacial score (nSPS) is 10.8. The summed E-state index contributed by atoms with van der Waals surface area (Å²) in [6.07, 6.45) is 4.84. The van der Waals surface area contributed by atoms with E-state index in [-0.39, 0.29) is 5.91 Å². The van der Waals surface area contributed by atoms with Crippen LogP contribution in [0.1, 0.15) is 24.5 Å². The number of ether oxygens (including phenoxy) is 1. The van der Waals surface area contributed by atoms with Crippen molar-refractivity contribution < 1.29 is 9.53 Å². The van der Waals surface area contributed by atoms with E-state index in [1.165, 1.54) is 6.08 Å². The van der Waals surface area contributed by atoms with Gasteiger partial charge in [-0.05, 0) is 55.2 Å². The number of rotatable bonds is 8. The van der Waals surface area contributed by atoms with Gasteiger partial charge in [-0.3, -0.25) is 4.79 Å². The Morgan fingerprint density at radius 1 is 1.20 bits per heavy atom. The molecule has 5 heteroatoms. The van der Waals surface area contributed by atoms with Gasteiger partial charge in [0.25, 0.3) is 0 Å². The zero-order valence-corrected chi connectivity index (χ0v) is 15.6. The van der Waals surface area contributed by atoms with Gasteiger partial charge in [-0.15, -0.1) is 0 Å². The van der Waals surface area contributed by atoms with E-state index >= 15 is 0 Å². The molecule has 1 N–H and O–H groups in total. The van der Waals surface area contributed by atoms with E-state index in [4.69, 9.17) is 27.9 Å². The van der Waals surface area contributed by atoms with Crippen LogP contribution in [0.4, 0.5) is 0 Å². The quantitative estimate of drug-likeness (QED) is 0.509. The fourth-order valence-corrected chi connectivity index (χ4v) is 2.83. The van der Waals surface area contributed by atoms with E-state index in [1.54, 1.807) is 24.3 Å². The summed E-state index contributed by atoms with van der Waals surface area (Å²) in [5.41, 5.74) is 1.91. The van der Waals surface area contributed by atoms with Gasteiger partial charge >= 0.3 is 0 Å². The third kappa shape index (κ3) is 6.45. The molecule has 0 fully saturated rings. The van der Waals surface area contributed by atoms with Crippen molar-refractivity contribution in [3.63, 3.8) is 0 Å². The van der Waals surface area contributed by atoms with Crippen molar-refractivity contribution in [3.8, 4) is 5.75 Å². The molecule has 2 rings (SSSR count). The molecule has 0 saturated carbocycles. The lowest BCUT2D eigenvalue weighted by Crippen LogP contribution is -2.22. The number of para-hydroxylation sites is 1. The number of carbonyl (C=O) groups excluding carboxylic acids is 1. The minimum atomic E-state index is -0.149. The van der Waals surface area contributed by atoms with Gasteiger partial charge in [0.2, 0.25) is 5.91 Å². The van der Waals surface area contributed by atoms with Crippen LogP contribution in [0.3, 0.4) is 0 Å². The van der Waals surface area contributed by atoms with Crippen molar-refractivity contribution in [2.45, 2.75) is 19.8 Å². The van der Waals surface area contributed by atoms with Gasteiger partial charge < -0.3 is 10.1 Å². The first kappa shape index (κ1) is 19.4. The van der Waals surface area contributed by atoms with E-state index in [1.807, 2.05) is 25.1 Å². The second-order valence-corrected chi connectivity index (χ2v) is 6.28. The number of nitrogens with one attached hydrogen (secondary N) is 1. The van der Waals surface area contributed by atoms with Gasteiger partial charge in [0.15, 0.2) is 0 Å². The van der Waals surface area contributed by atoms with Crippen LogP contribution in [-0.2, 0) is 11.2 Å². The highest BCUT2D eigenvalue weighted by Crippen LogP contribution is 2.22. The molecule has 2 aromatic carbocycles. The molecule has 0 aromatic heterocycles. The number of hydrogen-bond donors (Lipinski definition) is 1. The van der Waals surface area contributed by atoms with Crippen molar-refractivity contribution in [1.82, 2.24) is 5.32 Å². The number of amides is 1. The van der Waals surface area contributed by atoms with Crippen molar-refractivity contribution in [1.29, 1.82) is 0 Å². The van der Waals surface area contributed by atoms with Crippen LogP contribution in [0.5, 0.6) is 5.75 Å². The number of hydrogen-bond acceptors (Lipinski definition) is 2. The minimum Gasteiger partial charge on any atom is -0.494 e. The molecule has 0 unspecified atom stereocenters. The van der Waals surface area contributed by atoms with Crippen LogP contribution >= 0.6 is 23.2 Å². The van der Waals surface area contributed by atoms with Crippen molar-refractivity contribution >= 4 is 35.2 Å². The summed E-state index contributed by atoms with van der Waals surface area (Å²) >= 11 is 11.9. The number of carbonyl (C=O) groups is 1. The van der Waals surface area contributed by atoms with Crippen LogP contribution in [0.25, 0.3) is 6.08 Å². The molecule has 3 nitrogen and oxygen atoms in total. The minimum absolute atomic E-state index is 0.149. The predicted molar refractivity (Wildman–Crippen MR) is 104 cm³/mol. The van der Waals surface area contributed by atoms with Crippen LogP contribution in [0, 0.1) is 0 Å². The van der Waals surface area contributed by atoms with Crippen molar-refractivity contribution in [2.75, 3.05) is 13.2 Å². The topological polar surface area (TPSA) is 38.3 Å². The first-order chi connectivity index (χ1) is 12.1. The Morgan fingerprint density at radius 2 is 2.00 bits per heavy atom. The van der Waals surface area contributed by atoms with Crippen LogP contribution in [0.2, 0.25) is 10.0 Å². The molecule has 0 radical (unpaired) electrons. The molecule has 0 aliphatic carbocycles. The molecule has 0 aliphatic rings. The fourth-order valence-electron chi connectivity index (χ4n) is 2.36. The second-order valence-electron chi connectivity index (χ2n) is 5.43. The third-order valence-electron chi connectivity index (χ3n) is 3.57. The molecule has 0 saturated heterocycles. The zero-order chi connectivity index (χ0) is 18.1. The lowest BCUT2D eigenvalue weighted by Gasteiger charge is -2.09. The van der Waals surface area contributed by atoms with Gasteiger partial charge in [0.05, 0.1) is 6.61 Å². The van der Waals surface area contributed by atoms with E-state index < -0.39 is 0 Å². The maximum atomic E-state index is 11.9. The smallest absolute Gasteiger partial charge is 0.244 e. The molecule has 0 bridgehead atoms. The Labute approximate surface area is 158 Å². The van der Waals surface area contributed by atoms with E-state index in [0.717, 1.165) is 29.7 Å². The van der Waals surface area contributed by atoms with E-state index in [0.29, 0.717) is 23.2 Å². The lowest BCUT2D eigenvalue weighted by atomic mass is 10.1. The lowest BCUT2D eigenvalue weighted by molar-refractivity contribution is -0.116. The van der Waals surface area contributed by atoms with Crippen LogP contribution in [-0.4, -0.2) is 19.1 Å². The molecule has 0 aliphatic heterocycles. The summed E-state index contributed by atoms with van der Waals surface area (Å²) in [4.78, 5) is 11.9. The first-order valence-electron chi connectivity index (χ1n) is 8.22. The Morgan fingerprint density at radius 3 is 2.76 bits per heavy atom. The van der Waals surface area contributed by atoms with Gasteiger partial charge in [-0.2, -0.15) is 0 Å². The molecule has 0 atom stereocenters. The van der Waals surface area contributed by atoms with Crippen molar-refractivity contribution in [2.24, 2.45) is 0 Å². The molecular formula is C20H21Cl2NO2. The molecule has 0 heterocycles. The molecule has 25 heavy (non-hydrogen) atoms. The van der Waals surface area contributed by atoms with Gasteiger partial charge in [-0.1, -0.05) is 47.5 Å². The van der Waals surface area contributed by atoms with Crippen LogP contribution in [0.15, 0.2) is 48.5 Å². The number of benzene rings is 2. The van der Waals surface area contributed by atoms with Crippen molar-refractivity contribution in [3.05, 3.63) is 69.7 Å². The van der Waals surface area contributed by atoms with Gasteiger partial charge in [0.1, 0.15) is 5.75 Å². The predicted octanol–water partition coefficient (Wildman–Crippen LogP) is 5.15. The number of halogens is 2. The molecule has 1 amide bonds. The SMILES string of the molecule is CCOc1ccccc1CCCNC(=O)/C=C/c1ccc(Cl)cc1Cl. The summed E-state index contributed by atoms with van der Waals surface area (Å²) in [6, 6.07) is 13.1. The summed E-state index contributed by atoms with van der Waals surface area (Å²) < 4.78 is 5.60. The molecule has 132 valence electrons. The number of aryl methyl sites for hydroxylation is 1. The maximum Gasteiger partial charge on any atom is 0.244 e. The highest BCUT2D eigenvalue weighted by molar-refractivity contribution is 6.35. The zero-order valence-electron chi connectivity index (χ0n) is 14.1. The monoisotopic (exact) mass is 377 g/mol. The maximum absolute atomic E-state index is 11.9. The largest absolute Gasteiger partial charge is 0.494 e. The molecule has 0 spiro atoms. The Balaban J connectivity index is 1.78. The summed E-state index contributed by atoms with van der Waals surface area (Å²) in [7, 11) is 0. The highest BCUT2D eigenvalue weighted by Gasteiger charge is 2.03. The second kappa shape index (κ2) is 10.1. The Kier molecular flexibility index (Phi) is 7.83. The average molecular weight is 378 g/mol. The Bertz CT molecular complexity index is 744. The van der Waals surface area contributed by atoms with E-state index in [9.17, 15) is 4.79 Å². The molecular weight excluding hydrogens is 357 g/mol. The summed E-state index contributed by atoms with van der Waals surface area (Å²) in [5.74, 6) is 0.762. The van der Waals surface area contributed by atoms with E-state index in [2.05, 4.69) is 11.4 Å². The first-order valence-corrected chi connectivity index (χ1v) is 8.97. The average Bonchev–Trinajstić information content (AvgIpc) is 2.59. The summed E-state index contributed by atoms with van der Waals surface area (Å²) in [5, 5.41) is 3.96. The molecule has 2 aromatic rings. The fraction of sp³-hybridized carbons (Fsp3) is 0.250.